The Kier molecular flexibility index (Phi) is 9.50. The first-order chi connectivity index (χ1) is 17.6. The Morgan fingerprint density at radius 1 is 0.944 bits per heavy atom. The molecule has 1 heterocycles. The van der Waals surface area contributed by atoms with Crippen LogP contribution in [0, 0.1) is 0 Å². The number of aromatic nitrogens is 1. The summed E-state index contributed by atoms with van der Waals surface area (Å²) >= 11 is 1.41. The van der Waals surface area contributed by atoms with Crippen LogP contribution in [0.15, 0.2) is 60.0 Å². The summed E-state index contributed by atoms with van der Waals surface area (Å²) in [6.45, 7) is 2.52. The Balaban J connectivity index is 1.30. The first kappa shape index (κ1) is 25.9. The van der Waals surface area contributed by atoms with E-state index in [2.05, 4.69) is 22.5 Å². The zero-order valence-electron chi connectivity index (χ0n) is 20.9. The van der Waals surface area contributed by atoms with Crippen LogP contribution in [0.3, 0.4) is 0 Å². The predicted octanol–water partition coefficient (Wildman–Crippen LogP) is 5.93. The lowest BCUT2D eigenvalue weighted by atomic mass is 9.90. The van der Waals surface area contributed by atoms with Crippen molar-refractivity contribution in [3.8, 4) is 5.75 Å². The Labute approximate surface area is 217 Å². The summed E-state index contributed by atoms with van der Waals surface area (Å²) in [7, 11) is 0. The molecule has 4 rings (SSSR count). The number of hydrogen-bond acceptors (Lipinski definition) is 5. The minimum Gasteiger partial charge on any atom is -0.486 e. The molecule has 7 heteroatoms. The molecule has 2 N–H and O–H groups in total. The van der Waals surface area contributed by atoms with E-state index in [9.17, 15) is 9.59 Å². The molecule has 1 saturated carbocycles. The van der Waals surface area contributed by atoms with Crippen LogP contribution in [0.4, 0.5) is 0 Å². The van der Waals surface area contributed by atoms with Crippen LogP contribution >= 0.6 is 11.3 Å². The maximum absolute atomic E-state index is 12.9. The van der Waals surface area contributed by atoms with Gasteiger partial charge in [-0.15, -0.1) is 11.3 Å². The van der Waals surface area contributed by atoms with E-state index in [0.717, 1.165) is 42.9 Å². The van der Waals surface area contributed by atoms with Crippen molar-refractivity contribution in [2.45, 2.75) is 77.0 Å². The summed E-state index contributed by atoms with van der Waals surface area (Å²) in [6.07, 6.45) is 8.38. The van der Waals surface area contributed by atoms with Crippen molar-refractivity contribution >= 4 is 23.2 Å². The van der Waals surface area contributed by atoms with Gasteiger partial charge in [0.25, 0.3) is 11.8 Å². The molecule has 2 atom stereocenters. The average Bonchev–Trinajstić information content (AvgIpc) is 3.39. The first-order valence-electron chi connectivity index (χ1n) is 13.0. The Morgan fingerprint density at radius 3 is 2.33 bits per heavy atom. The van der Waals surface area contributed by atoms with Crippen molar-refractivity contribution in [1.29, 1.82) is 0 Å². The molecule has 1 aliphatic carbocycles. The highest BCUT2D eigenvalue weighted by molar-refractivity contribution is 7.09. The highest BCUT2D eigenvalue weighted by Crippen LogP contribution is 2.21. The lowest BCUT2D eigenvalue weighted by Crippen LogP contribution is -2.53. The van der Waals surface area contributed by atoms with Gasteiger partial charge in [-0.05, 0) is 55.5 Å². The predicted molar refractivity (Wildman–Crippen MR) is 144 cm³/mol. The molecule has 3 aromatic rings. The molecule has 6 nitrogen and oxygen atoms in total. The molecule has 0 unspecified atom stereocenters. The molecular formula is C29H35N3O3S. The molecule has 0 spiro atoms. The number of carbonyl (C=O) groups is 2. The summed E-state index contributed by atoms with van der Waals surface area (Å²) in [5, 5.41) is 8.79. The number of amides is 2. The Morgan fingerprint density at radius 2 is 1.64 bits per heavy atom. The fourth-order valence-corrected chi connectivity index (χ4v) is 5.20. The first-order valence-corrected chi connectivity index (χ1v) is 13.8. The SMILES string of the molecule is CCCCCc1ccc(C(=O)N[C@H]2CCCC[C@@H]2NC(=O)c2csc(COc3ccccc3)n2)cc1. The van der Waals surface area contributed by atoms with Gasteiger partial charge in [0.05, 0.1) is 0 Å². The fraction of sp³-hybridized carbons (Fsp3) is 0.414. The quantitative estimate of drug-likeness (QED) is 0.317. The van der Waals surface area contributed by atoms with Gasteiger partial charge in [-0.3, -0.25) is 9.59 Å². The number of aryl methyl sites for hydroxylation is 1. The smallest absolute Gasteiger partial charge is 0.271 e. The van der Waals surface area contributed by atoms with Gasteiger partial charge in [0.15, 0.2) is 0 Å². The van der Waals surface area contributed by atoms with Gasteiger partial charge in [0, 0.05) is 23.0 Å². The van der Waals surface area contributed by atoms with Crippen LogP contribution in [0.25, 0.3) is 0 Å². The molecule has 190 valence electrons. The summed E-state index contributed by atoms with van der Waals surface area (Å²) in [4.78, 5) is 30.3. The van der Waals surface area contributed by atoms with E-state index in [1.807, 2.05) is 54.6 Å². The van der Waals surface area contributed by atoms with Crippen LogP contribution in [0.1, 0.15) is 83.3 Å². The second-order valence-electron chi connectivity index (χ2n) is 9.33. The van der Waals surface area contributed by atoms with E-state index in [-0.39, 0.29) is 23.9 Å². The number of nitrogens with one attached hydrogen (secondary N) is 2. The maximum Gasteiger partial charge on any atom is 0.271 e. The zero-order chi connectivity index (χ0) is 25.2. The normalized spacial score (nSPS) is 17.4. The standard InChI is InChI=1S/C29H35N3O3S/c1-2-3-5-10-21-15-17-22(18-16-21)28(33)31-24-13-8-9-14-25(24)32-29(34)26-20-36-27(30-26)19-35-23-11-6-4-7-12-23/h4,6-7,11-12,15-18,20,24-25H,2-3,5,8-10,13-14,19H2,1H3,(H,31,33)(H,32,34)/t24-,25-/m0/s1. The molecular weight excluding hydrogens is 470 g/mol. The lowest BCUT2D eigenvalue weighted by molar-refractivity contribution is 0.0860. The number of rotatable bonds is 11. The van der Waals surface area contributed by atoms with E-state index >= 15 is 0 Å². The van der Waals surface area contributed by atoms with E-state index in [0.29, 0.717) is 17.9 Å². The van der Waals surface area contributed by atoms with Gasteiger partial charge in [0.1, 0.15) is 23.1 Å². The summed E-state index contributed by atoms with van der Waals surface area (Å²) in [5.41, 5.74) is 2.31. The largest absolute Gasteiger partial charge is 0.486 e. The topological polar surface area (TPSA) is 80.3 Å². The molecule has 2 amide bonds. The van der Waals surface area contributed by atoms with E-state index in [4.69, 9.17) is 4.74 Å². The Bertz CT molecular complexity index is 1110. The molecule has 0 saturated heterocycles. The van der Waals surface area contributed by atoms with Crippen molar-refractivity contribution in [2.75, 3.05) is 0 Å². The number of ether oxygens (including phenoxy) is 1. The second-order valence-corrected chi connectivity index (χ2v) is 10.3. The van der Waals surface area contributed by atoms with Crippen LogP contribution < -0.4 is 15.4 Å². The van der Waals surface area contributed by atoms with E-state index in [1.165, 1.54) is 36.2 Å². The summed E-state index contributed by atoms with van der Waals surface area (Å²) in [5.74, 6) is 0.473. The molecule has 36 heavy (non-hydrogen) atoms. The third-order valence-electron chi connectivity index (χ3n) is 6.57. The van der Waals surface area contributed by atoms with Crippen molar-refractivity contribution in [1.82, 2.24) is 15.6 Å². The number of para-hydroxylation sites is 1. The van der Waals surface area contributed by atoms with Gasteiger partial charge in [-0.2, -0.15) is 0 Å². The van der Waals surface area contributed by atoms with Gasteiger partial charge < -0.3 is 15.4 Å². The van der Waals surface area contributed by atoms with E-state index < -0.39 is 0 Å². The lowest BCUT2D eigenvalue weighted by Gasteiger charge is -2.32. The number of hydrogen-bond donors (Lipinski definition) is 2. The van der Waals surface area contributed by atoms with Crippen LogP contribution in [0.5, 0.6) is 5.75 Å². The number of carbonyl (C=O) groups excluding carboxylic acids is 2. The summed E-state index contributed by atoms with van der Waals surface area (Å²) < 4.78 is 5.74. The molecule has 0 radical (unpaired) electrons. The molecule has 1 fully saturated rings. The van der Waals surface area contributed by atoms with Gasteiger partial charge >= 0.3 is 0 Å². The van der Waals surface area contributed by atoms with Crippen LogP contribution in [0.2, 0.25) is 0 Å². The van der Waals surface area contributed by atoms with Crippen LogP contribution in [-0.4, -0.2) is 28.9 Å². The van der Waals surface area contributed by atoms with Gasteiger partial charge in [-0.1, -0.05) is 62.9 Å². The van der Waals surface area contributed by atoms with E-state index in [1.54, 1.807) is 5.38 Å². The third kappa shape index (κ3) is 7.40. The Hall–Kier alpha value is -3.19. The maximum atomic E-state index is 12.9. The van der Waals surface area contributed by atoms with Crippen molar-refractivity contribution in [2.24, 2.45) is 0 Å². The highest BCUT2D eigenvalue weighted by atomic mass is 32.1. The summed E-state index contributed by atoms with van der Waals surface area (Å²) in [6, 6.07) is 17.2. The fourth-order valence-electron chi connectivity index (χ4n) is 4.52. The van der Waals surface area contributed by atoms with Crippen molar-refractivity contribution < 1.29 is 14.3 Å². The minimum atomic E-state index is -0.209. The number of thiazole rings is 1. The molecule has 0 aliphatic heterocycles. The monoisotopic (exact) mass is 505 g/mol. The van der Waals surface area contributed by atoms with Crippen molar-refractivity contribution in [3.63, 3.8) is 0 Å². The number of nitrogens with zero attached hydrogens (tertiary/aromatic N) is 1. The van der Waals surface area contributed by atoms with Gasteiger partial charge in [-0.25, -0.2) is 4.98 Å². The second kappa shape index (κ2) is 13.2. The zero-order valence-corrected chi connectivity index (χ0v) is 21.7. The molecule has 1 aromatic heterocycles. The minimum absolute atomic E-state index is 0.0877. The highest BCUT2D eigenvalue weighted by Gasteiger charge is 2.29. The van der Waals surface area contributed by atoms with Crippen molar-refractivity contribution in [3.05, 3.63) is 81.8 Å². The van der Waals surface area contributed by atoms with Gasteiger partial charge in [0.2, 0.25) is 0 Å². The molecule has 2 aromatic carbocycles. The third-order valence-corrected chi connectivity index (χ3v) is 7.40. The number of unbranched alkanes of at least 4 members (excludes halogenated alkanes) is 2. The number of benzene rings is 2. The molecule has 1 aliphatic rings. The van der Waals surface area contributed by atoms with Crippen LogP contribution in [-0.2, 0) is 13.0 Å². The average molecular weight is 506 g/mol. The molecule has 0 bridgehead atoms.